The van der Waals surface area contributed by atoms with E-state index in [-0.39, 0.29) is 0 Å². The summed E-state index contributed by atoms with van der Waals surface area (Å²) >= 11 is 0. The van der Waals surface area contributed by atoms with E-state index in [0.29, 0.717) is 12.6 Å². The highest BCUT2D eigenvalue weighted by atomic mass is 16.5. The van der Waals surface area contributed by atoms with Gasteiger partial charge in [0.25, 0.3) is 0 Å². The van der Waals surface area contributed by atoms with Crippen molar-refractivity contribution >= 4 is 0 Å². The molecule has 0 aliphatic carbocycles. The lowest BCUT2D eigenvalue weighted by Crippen LogP contribution is -2.26. The van der Waals surface area contributed by atoms with E-state index < -0.39 is 0 Å². The Hall–Kier alpha value is -0.870. The van der Waals surface area contributed by atoms with Gasteiger partial charge in [0.2, 0.25) is 0 Å². The van der Waals surface area contributed by atoms with E-state index in [4.69, 9.17) is 4.74 Å². The summed E-state index contributed by atoms with van der Waals surface area (Å²) in [4.78, 5) is 0. The van der Waals surface area contributed by atoms with Crippen LogP contribution in [-0.2, 0) is 18.4 Å². The molecule has 1 aromatic rings. The minimum Gasteiger partial charge on any atom is -0.375 e. The van der Waals surface area contributed by atoms with Gasteiger partial charge in [0.05, 0.1) is 19.4 Å². The minimum atomic E-state index is 0.525. The number of nitrogens with zero attached hydrogens (tertiary/aromatic N) is 2. The molecule has 0 saturated heterocycles. The maximum atomic E-state index is 5.47. The van der Waals surface area contributed by atoms with Crippen LogP contribution in [0.25, 0.3) is 0 Å². The predicted octanol–water partition coefficient (Wildman–Crippen LogP) is 0.935. The fourth-order valence-corrected chi connectivity index (χ4v) is 1.16. The van der Waals surface area contributed by atoms with Gasteiger partial charge in [0, 0.05) is 31.4 Å². The molecule has 14 heavy (non-hydrogen) atoms. The number of aryl methyl sites for hydroxylation is 1. The van der Waals surface area contributed by atoms with Crippen LogP contribution in [0, 0.1) is 0 Å². The number of nitrogens with one attached hydrogen (secondary N) is 1. The first kappa shape index (κ1) is 11.2. The van der Waals surface area contributed by atoms with Gasteiger partial charge in [-0.05, 0) is 0 Å². The van der Waals surface area contributed by atoms with Gasteiger partial charge in [-0.2, -0.15) is 5.10 Å². The van der Waals surface area contributed by atoms with Gasteiger partial charge in [-0.25, -0.2) is 0 Å². The van der Waals surface area contributed by atoms with Gasteiger partial charge >= 0.3 is 0 Å². The van der Waals surface area contributed by atoms with Gasteiger partial charge in [0.15, 0.2) is 0 Å². The highest BCUT2D eigenvalue weighted by Crippen LogP contribution is 1.97. The van der Waals surface area contributed by atoms with Gasteiger partial charge < -0.3 is 10.1 Å². The molecule has 0 unspecified atom stereocenters. The molecule has 1 aromatic heterocycles. The first-order valence-corrected chi connectivity index (χ1v) is 4.97. The Bertz CT molecular complexity index is 258. The van der Waals surface area contributed by atoms with Gasteiger partial charge in [-0.3, -0.25) is 4.68 Å². The Labute approximate surface area is 85.3 Å². The smallest absolute Gasteiger partial charge is 0.0748 e. The van der Waals surface area contributed by atoms with E-state index in [2.05, 4.69) is 24.3 Å². The molecule has 1 rings (SSSR count). The first-order valence-electron chi connectivity index (χ1n) is 4.97. The Morgan fingerprint density at radius 1 is 1.57 bits per heavy atom. The summed E-state index contributed by atoms with van der Waals surface area (Å²) in [6.45, 7) is 6.54. The molecule has 0 spiro atoms. The lowest BCUT2D eigenvalue weighted by Gasteiger charge is -2.07. The summed E-state index contributed by atoms with van der Waals surface area (Å²) < 4.78 is 7.25. The lowest BCUT2D eigenvalue weighted by molar-refractivity contribution is 0.121. The van der Waals surface area contributed by atoms with Crippen molar-refractivity contribution in [2.75, 3.05) is 13.2 Å². The zero-order chi connectivity index (χ0) is 10.4. The van der Waals surface area contributed by atoms with Crippen molar-refractivity contribution < 1.29 is 4.74 Å². The second kappa shape index (κ2) is 5.78. The summed E-state index contributed by atoms with van der Waals surface area (Å²) in [5.74, 6) is 0. The number of aromatic nitrogens is 2. The number of hydrogen-bond donors (Lipinski definition) is 1. The van der Waals surface area contributed by atoms with E-state index in [1.807, 2.05) is 19.4 Å². The first-order chi connectivity index (χ1) is 6.68. The molecule has 4 heteroatoms. The normalized spacial score (nSPS) is 11.1. The van der Waals surface area contributed by atoms with Crippen molar-refractivity contribution in [1.29, 1.82) is 0 Å². The molecule has 1 heterocycles. The monoisotopic (exact) mass is 197 g/mol. The average Bonchev–Trinajstić information content (AvgIpc) is 2.50. The van der Waals surface area contributed by atoms with Gasteiger partial charge in [-0.15, -0.1) is 0 Å². The molecular formula is C10H19N3O. The van der Waals surface area contributed by atoms with Crippen molar-refractivity contribution in [3.05, 3.63) is 18.0 Å². The van der Waals surface area contributed by atoms with Crippen LogP contribution >= 0.6 is 0 Å². The van der Waals surface area contributed by atoms with Crippen molar-refractivity contribution in [1.82, 2.24) is 15.1 Å². The molecule has 0 aliphatic heterocycles. The molecule has 0 atom stereocenters. The summed E-state index contributed by atoms with van der Waals surface area (Å²) in [6, 6.07) is 0.525. The van der Waals surface area contributed by atoms with Crippen molar-refractivity contribution in [3.63, 3.8) is 0 Å². The van der Waals surface area contributed by atoms with Gasteiger partial charge in [-0.1, -0.05) is 13.8 Å². The van der Waals surface area contributed by atoms with E-state index in [0.717, 1.165) is 18.7 Å². The Morgan fingerprint density at radius 2 is 2.36 bits per heavy atom. The molecular weight excluding hydrogens is 178 g/mol. The number of rotatable bonds is 6. The van der Waals surface area contributed by atoms with Crippen LogP contribution in [0.5, 0.6) is 0 Å². The Balaban J connectivity index is 2.04. The lowest BCUT2D eigenvalue weighted by atomic mass is 10.4. The third-order valence-electron chi connectivity index (χ3n) is 1.83. The van der Waals surface area contributed by atoms with Crippen molar-refractivity contribution in [3.8, 4) is 0 Å². The molecule has 0 bridgehead atoms. The molecule has 1 N–H and O–H groups in total. The number of hydrogen-bond acceptors (Lipinski definition) is 3. The summed E-state index contributed by atoms with van der Waals surface area (Å²) in [7, 11) is 1.91. The minimum absolute atomic E-state index is 0.525. The predicted molar refractivity (Wildman–Crippen MR) is 56.0 cm³/mol. The van der Waals surface area contributed by atoms with Crippen LogP contribution in [-0.4, -0.2) is 29.0 Å². The average molecular weight is 197 g/mol. The molecule has 0 aromatic carbocycles. The Kier molecular flexibility index (Phi) is 4.62. The van der Waals surface area contributed by atoms with E-state index in [1.165, 1.54) is 0 Å². The molecule has 0 amide bonds. The second-order valence-corrected chi connectivity index (χ2v) is 3.68. The highest BCUT2D eigenvalue weighted by molar-refractivity contribution is 5.01. The van der Waals surface area contributed by atoms with E-state index >= 15 is 0 Å². The summed E-state index contributed by atoms with van der Waals surface area (Å²) in [5.41, 5.74) is 1.12. The van der Waals surface area contributed by atoms with Crippen molar-refractivity contribution in [2.24, 2.45) is 7.05 Å². The van der Waals surface area contributed by atoms with E-state index in [1.54, 1.807) is 4.68 Å². The molecule has 0 radical (unpaired) electrons. The Morgan fingerprint density at radius 3 is 2.93 bits per heavy atom. The molecule has 0 saturated carbocycles. The zero-order valence-electron chi connectivity index (χ0n) is 9.16. The summed E-state index contributed by atoms with van der Waals surface area (Å²) in [6.07, 6.45) is 3.80. The molecule has 0 fully saturated rings. The molecule has 80 valence electrons. The SMILES string of the molecule is CC(C)NCCOCc1cnn(C)c1. The topological polar surface area (TPSA) is 39.1 Å². The second-order valence-electron chi connectivity index (χ2n) is 3.68. The third kappa shape index (κ3) is 4.39. The van der Waals surface area contributed by atoms with Crippen LogP contribution in [0.4, 0.5) is 0 Å². The third-order valence-corrected chi connectivity index (χ3v) is 1.83. The van der Waals surface area contributed by atoms with E-state index in [9.17, 15) is 0 Å². The fraction of sp³-hybridized carbons (Fsp3) is 0.700. The fourth-order valence-electron chi connectivity index (χ4n) is 1.16. The largest absolute Gasteiger partial charge is 0.375 e. The zero-order valence-corrected chi connectivity index (χ0v) is 9.16. The summed E-state index contributed by atoms with van der Waals surface area (Å²) in [5, 5.41) is 7.36. The maximum absolute atomic E-state index is 5.47. The number of ether oxygens (including phenoxy) is 1. The molecule has 4 nitrogen and oxygen atoms in total. The highest BCUT2D eigenvalue weighted by Gasteiger charge is 1.96. The van der Waals surface area contributed by atoms with Gasteiger partial charge in [0.1, 0.15) is 0 Å². The maximum Gasteiger partial charge on any atom is 0.0748 e. The van der Waals surface area contributed by atoms with Crippen LogP contribution < -0.4 is 5.32 Å². The van der Waals surface area contributed by atoms with Crippen LogP contribution in [0.1, 0.15) is 19.4 Å². The van der Waals surface area contributed by atoms with Crippen LogP contribution in [0.3, 0.4) is 0 Å². The van der Waals surface area contributed by atoms with Crippen LogP contribution in [0.15, 0.2) is 12.4 Å². The van der Waals surface area contributed by atoms with Crippen LogP contribution in [0.2, 0.25) is 0 Å². The standard InChI is InChI=1S/C10H19N3O/c1-9(2)11-4-5-14-8-10-6-12-13(3)7-10/h6-7,9,11H,4-5,8H2,1-3H3. The quantitative estimate of drug-likeness (QED) is 0.690. The van der Waals surface area contributed by atoms with Crippen molar-refractivity contribution in [2.45, 2.75) is 26.5 Å². The molecule has 0 aliphatic rings.